The van der Waals surface area contributed by atoms with E-state index < -0.39 is 0 Å². The Morgan fingerprint density at radius 3 is 2.86 bits per heavy atom. The Kier molecular flexibility index (Phi) is 5.08. The van der Waals surface area contributed by atoms with Crippen LogP contribution in [0.4, 0.5) is 5.69 Å². The molecule has 2 atom stereocenters. The van der Waals surface area contributed by atoms with Gasteiger partial charge in [-0.2, -0.15) is 0 Å². The zero-order valence-electron chi connectivity index (χ0n) is 12.2. The van der Waals surface area contributed by atoms with Gasteiger partial charge in [-0.15, -0.1) is 0 Å². The van der Waals surface area contributed by atoms with Crippen LogP contribution in [0.25, 0.3) is 0 Å². The summed E-state index contributed by atoms with van der Waals surface area (Å²) in [5.41, 5.74) is 7.32. The molecular formula is C14H21BrN4O2. The smallest absolute Gasteiger partial charge is 0.172 e. The summed E-state index contributed by atoms with van der Waals surface area (Å²) in [7, 11) is 4.02. The second-order valence-electron chi connectivity index (χ2n) is 5.60. The third-order valence-electron chi connectivity index (χ3n) is 3.62. The lowest BCUT2D eigenvalue weighted by atomic mass is 10.1. The van der Waals surface area contributed by atoms with Crippen LogP contribution < -0.4 is 10.6 Å². The summed E-state index contributed by atoms with van der Waals surface area (Å²) >= 11 is 3.40. The number of aliphatic hydroxyl groups excluding tert-OH is 1. The first-order valence-electron chi connectivity index (χ1n) is 6.79. The highest BCUT2D eigenvalue weighted by atomic mass is 79.9. The second kappa shape index (κ2) is 6.64. The van der Waals surface area contributed by atoms with Crippen molar-refractivity contribution in [2.24, 2.45) is 10.9 Å². The molecule has 1 aromatic carbocycles. The maximum Gasteiger partial charge on any atom is 0.172 e. The van der Waals surface area contributed by atoms with E-state index in [1.165, 1.54) is 0 Å². The normalized spacial score (nSPS) is 23.1. The Morgan fingerprint density at radius 2 is 2.24 bits per heavy atom. The predicted octanol–water partition coefficient (Wildman–Crippen LogP) is 1.04. The Hall–Kier alpha value is -1.31. The molecule has 1 fully saturated rings. The third-order valence-corrected chi connectivity index (χ3v) is 4.11. The van der Waals surface area contributed by atoms with E-state index in [1.54, 1.807) is 0 Å². The van der Waals surface area contributed by atoms with Crippen molar-refractivity contribution in [3.63, 3.8) is 0 Å². The molecule has 0 aromatic heterocycles. The van der Waals surface area contributed by atoms with E-state index in [9.17, 15) is 5.11 Å². The van der Waals surface area contributed by atoms with Crippen LogP contribution in [0.2, 0.25) is 0 Å². The summed E-state index contributed by atoms with van der Waals surface area (Å²) in [6.07, 6.45) is 0.350. The van der Waals surface area contributed by atoms with Crippen molar-refractivity contribution in [1.82, 2.24) is 4.90 Å². The molecule has 0 amide bonds. The van der Waals surface area contributed by atoms with Crippen molar-refractivity contribution < 1.29 is 10.3 Å². The number of anilines is 1. The van der Waals surface area contributed by atoms with Gasteiger partial charge in [0.1, 0.15) is 0 Å². The van der Waals surface area contributed by atoms with Crippen LogP contribution in [0.1, 0.15) is 12.0 Å². The third kappa shape index (κ3) is 3.66. The molecule has 2 unspecified atom stereocenters. The van der Waals surface area contributed by atoms with Gasteiger partial charge in [0, 0.05) is 34.9 Å². The van der Waals surface area contributed by atoms with E-state index in [0.29, 0.717) is 18.5 Å². The zero-order chi connectivity index (χ0) is 15.6. The first-order valence-corrected chi connectivity index (χ1v) is 7.58. The van der Waals surface area contributed by atoms with E-state index >= 15 is 0 Å². The Bertz CT molecular complexity index is 536. The molecule has 6 nitrogen and oxygen atoms in total. The van der Waals surface area contributed by atoms with E-state index in [1.807, 2.05) is 32.3 Å². The van der Waals surface area contributed by atoms with Gasteiger partial charge >= 0.3 is 0 Å². The topological polar surface area (TPSA) is 85.3 Å². The molecule has 0 bridgehead atoms. The number of likely N-dealkylation sites (N-methyl/N-ethyl adjacent to an activating group) is 1. The number of aliphatic hydroxyl groups is 1. The minimum absolute atomic E-state index is 0.0660. The SMILES string of the molecule is CN(C)CC1CC(O)CN1c1ccc(Br)cc1/C(N)=N/O. The first kappa shape index (κ1) is 16.1. The molecule has 1 saturated heterocycles. The molecule has 0 aliphatic carbocycles. The summed E-state index contributed by atoms with van der Waals surface area (Å²) in [4.78, 5) is 4.22. The molecule has 0 radical (unpaired) electrons. The van der Waals surface area contributed by atoms with Crippen molar-refractivity contribution in [1.29, 1.82) is 0 Å². The summed E-state index contributed by atoms with van der Waals surface area (Å²) in [5, 5.41) is 22.1. The molecule has 1 aliphatic rings. The number of hydrogen-bond acceptors (Lipinski definition) is 5. The number of β-amino-alcohol motifs (C(OH)–C–C–N with tert-alkyl or cyclic N) is 1. The first-order chi connectivity index (χ1) is 9.92. The van der Waals surface area contributed by atoms with Crippen molar-refractivity contribution in [2.75, 3.05) is 32.1 Å². The maximum absolute atomic E-state index is 10.0. The largest absolute Gasteiger partial charge is 0.409 e. The number of halogens is 1. The molecule has 1 aromatic rings. The maximum atomic E-state index is 10.0. The quantitative estimate of drug-likeness (QED) is 0.325. The Balaban J connectivity index is 2.39. The van der Waals surface area contributed by atoms with Crippen LogP contribution in [-0.4, -0.2) is 60.4 Å². The van der Waals surface area contributed by atoms with Crippen molar-refractivity contribution >= 4 is 27.5 Å². The van der Waals surface area contributed by atoms with Gasteiger partial charge in [0.2, 0.25) is 0 Å². The summed E-state index contributed by atoms with van der Waals surface area (Å²) in [6, 6.07) is 5.86. The number of benzene rings is 1. The highest BCUT2D eigenvalue weighted by Crippen LogP contribution is 2.31. The number of rotatable bonds is 4. The lowest BCUT2D eigenvalue weighted by molar-refractivity contribution is 0.191. The average Bonchev–Trinajstić information content (AvgIpc) is 2.77. The molecule has 2 rings (SSSR count). The number of amidine groups is 1. The Labute approximate surface area is 133 Å². The fourth-order valence-electron chi connectivity index (χ4n) is 2.80. The summed E-state index contributed by atoms with van der Waals surface area (Å²) < 4.78 is 0.858. The molecule has 1 aliphatic heterocycles. The number of nitrogens with zero attached hydrogens (tertiary/aromatic N) is 3. The second-order valence-corrected chi connectivity index (χ2v) is 6.52. The molecule has 116 valence electrons. The molecule has 4 N–H and O–H groups in total. The molecule has 1 heterocycles. The molecular weight excluding hydrogens is 336 g/mol. The van der Waals surface area contributed by atoms with Gasteiger partial charge in [-0.3, -0.25) is 0 Å². The van der Waals surface area contributed by atoms with Gasteiger partial charge in [-0.05, 0) is 38.7 Å². The Morgan fingerprint density at radius 1 is 1.52 bits per heavy atom. The standard InChI is InChI=1S/C14H21BrN4O2/c1-18(2)7-10-6-11(20)8-19(10)13-4-3-9(15)5-12(13)14(16)17-21/h3-5,10-11,20-21H,6-8H2,1-2H3,(H2,16,17). The van der Waals surface area contributed by atoms with Crippen LogP contribution in [0.3, 0.4) is 0 Å². The average molecular weight is 357 g/mol. The van der Waals surface area contributed by atoms with Gasteiger partial charge in [0.15, 0.2) is 5.84 Å². The van der Waals surface area contributed by atoms with E-state index in [2.05, 4.69) is 30.9 Å². The number of oxime groups is 1. The molecule has 21 heavy (non-hydrogen) atoms. The summed E-state index contributed by atoms with van der Waals surface area (Å²) in [6.45, 7) is 1.38. The van der Waals surface area contributed by atoms with Gasteiger partial charge in [0.25, 0.3) is 0 Å². The van der Waals surface area contributed by atoms with Crippen LogP contribution in [0.5, 0.6) is 0 Å². The zero-order valence-corrected chi connectivity index (χ0v) is 13.8. The van der Waals surface area contributed by atoms with E-state index in [4.69, 9.17) is 10.9 Å². The molecule has 0 spiro atoms. The van der Waals surface area contributed by atoms with E-state index in [-0.39, 0.29) is 18.0 Å². The van der Waals surface area contributed by atoms with Crippen molar-refractivity contribution in [3.8, 4) is 0 Å². The molecule has 7 heteroatoms. The predicted molar refractivity (Wildman–Crippen MR) is 87.0 cm³/mol. The summed E-state index contributed by atoms with van der Waals surface area (Å²) in [5.74, 6) is 0.0660. The monoisotopic (exact) mass is 356 g/mol. The lowest BCUT2D eigenvalue weighted by Gasteiger charge is -2.30. The minimum Gasteiger partial charge on any atom is -0.409 e. The number of hydrogen-bond donors (Lipinski definition) is 3. The molecule has 0 saturated carbocycles. The van der Waals surface area contributed by atoms with Crippen molar-refractivity contribution in [3.05, 3.63) is 28.2 Å². The van der Waals surface area contributed by atoms with Crippen LogP contribution in [-0.2, 0) is 0 Å². The highest BCUT2D eigenvalue weighted by Gasteiger charge is 2.32. The lowest BCUT2D eigenvalue weighted by Crippen LogP contribution is -2.38. The van der Waals surface area contributed by atoms with Gasteiger partial charge < -0.3 is 25.8 Å². The van der Waals surface area contributed by atoms with Crippen LogP contribution in [0.15, 0.2) is 27.8 Å². The highest BCUT2D eigenvalue weighted by molar-refractivity contribution is 9.10. The van der Waals surface area contributed by atoms with Gasteiger partial charge in [0.05, 0.1) is 6.10 Å². The van der Waals surface area contributed by atoms with E-state index in [0.717, 1.165) is 16.7 Å². The van der Waals surface area contributed by atoms with Crippen molar-refractivity contribution in [2.45, 2.75) is 18.6 Å². The fourth-order valence-corrected chi connectivity index (χ4v) is 3.16. The fraction of sp³-hybridized carbons (Fsp3) is 0.500. The van der Waals surface area contributed by atoms with Crippen LogP contribution in [0, 0.1) is 0 Å². The van der Waals surface area contributed by atoms with Gasteiger partial charge in [-0.1, -0.05) is 21.1 Å². The number of nitrogens with two attached hydrogens (primary N) is 1. The van der Waals surface area contributed by atoms with Gasteiger partial charge in [-0.25, -0.2) is 0 Å². The minimum atomic E-state index is -0.362. The van der Waals surface area contributed by atoms with Crippen LogP contribution >= 0.6 is 15.9 Å².